The number of hydrogen-bond donors (Lipinski definition) is 2. The van der Waals surface area contributed by atoms with Gasteiger partial charge in [0.25, 0.3) is 0 Å². The lowest BCUT2D eigenvalue weighted by molar-refractivity contribution is -0.136. The number of rotatable bonds is 8. The monoisotopic (exact) mass is 435 g/mol. The average molecular weight is 435 g/mol. The molecule has 0 saturated carbocycles. The molecule has 0 unspecified atom stereocenters. The van der Waals surface area contributed by atoms with Gasteiger partial charge in [-0.3, -0.25) is 9.59 Å². The van der Waals surface area contributed by atoms with E-state index in [-0.39, 0.29) is 36.0 Å². The average Bonchev–Trinajstić information content (AvgIpc) is 2.78. The van der Waals surface area contributed by atoms with Crippen LogP contribution in [0, 0.1) is 17.1 Å². The number of carboxylic acid groups (broad SMARTS) is 1. The minimum atomic E-state index is -0.999. The van der Waals surface area contributed by atoms with Crippen molar-refractivity contribution in [3.05, 3.63) is 72.0 Å². The number of aromatic nitrogens is 1. The van der Waals surface area contributed by atoms with Crippen LogP contribution < -0.4 is 5.32 Å². The molecule has 0 aliphatic carbocycles. The second-order valence-electron chi connectivity index (χ2n) is 6.50. The molecule has 0 bridgehead atoms. The highest BCUT2D eigenvalue weighted by Crippen LogP contribution is 2.34. The zero-order valence-corrected chi connectivity index (χ0v) is 17.2. The van der Waals surface area contributed by atoms with Gasteiger partial charge in [0.2, 0.25) is 5.91 Å². The lowest BCUT2D eigenvalue weighted by atomic mass is 9.99. The molecule has 1 aromatic heterocycles. The number of carboxylic acids is 1. The standard InChI is InChI=1S/C23H18FN3O3S/c24-17-8-6-15(7-9-17)18-12-20(16-4-2-1-3-5-16)27-23(19(18)13-25)31-14-21(28)26-11-10-22(29)30/h1-9,12H,10-11,14H2,(H,26,28)(H,29,30). The van der Waals surface area contributed by atoms with Crippen LogP contribution in [0.3, 0.4) is 0 Å². The Labute approximate surface area is 182 Å². The molecular weight excluding hydrogens is 417 g/mol. The number of carbonyl (C=O) groups excluding carboxylic acids is 1. The number of nitriles is 1. The van der Waals surface area contributed by atoms with Gasteiger partial charge in [0.1, 0.15) is 16.9 Å². The number of pyridine rings is 1. The fraction of sp³-hybridized carbons (Fsp3) is 0.130. The third kappa shape index (κ3) is 5.90. The molecule has 3 aromatic rings. The second-order valence-corrected chi connectivity index (χ2v) is 7.47. The zero-order chi connectivity index (χ0) is 22.2. The van der Waals surface area contributed by atoms with Crippen molar-refractivity contribution in [2.45, 2.75) is 11.4 Å². The first kappa shape index (κ1) is 22.0. The number of nitrogens with one attached hydrogen (secondary N) is 1. The molecule has 0 atom stereocenters. The molecule has 31 heavy (non-hydrogen) atoms. The Morgan fingerprint density at radius 3 is 2.45 bits per heavy atom. The molecule has 0 spiro atoms. The molecule has 8 heteroatoms. The van der Waals surface area contributed by atoms with E-state index in [0.29, 0.717) is 21.8 Å². The number of benzene rings is 2. The van der Waals surface area contributed by atoms with E-state index in [1.807, 2.05) is 30.3 Å². The summed E-state index contributed by atoms with van der Waals surface area (Å²) in [6, 6.07) is 19.1. The number of nitrogens with zero attached hydrogens (tertiary/aromatic N) is 2. The van der Waals surface area contributed by atoms with Crippen LogP contribution in [0.1, 0.15) is 12.0 Å². The summed E-state index contributed by atoms with van der Waals surface area (Å²) in [6.07, 6.45) is -0.170. The van der Waals surface area contributed by atoms with Crippen molar-refractivity contribution in [2.24, 2.45) is 0 Å². The predicted octanol–water partition coefficient (Wildman–Crippen LogP) is 4.11. The predicted molar refractivity (Wildman–Crippen MR) is 116 cm³/mol. The van der Waals surface area contributed by atoms with Crippen LogP contribution in [-0.4, -0.2) is 34.3 Å². The van der Waals surface area contributed by atoms with Crippen LogP contribution >= 0.6 is 11.8 Å². The molecule has 2 aromatic carbocycles. The van der Waals surface area contributed by atoms with Crippen molar-refractivity contribution in [1.29, 1.82) is 5.26 Å². The summed E-state index contributed by atoms with van der Waals surface area (Å²) in [5.41, 5.74) is 2.99. The Hall–Kier alpha value is -3.70. The van der Waals surface area contributed by atoms with E-state index in [4.69, 9.17) is 5.11 Å². The maximum absolute atomic E-state index is 13.4. The molecule has 0 aliphatic heterocycles. The summed E-state index contributed by atoms with van der Waals surface area (Å²) in [6.45, 7) is 0.0259. The third-order valence-corrected chi connectivity index (χ3v) is 5.30. The minimum absolute atomic E-state index is 0.0254. The summed E-state index contributed by atoms with van der Waals surface area (Å²) < 4.78 is 13.4. The minimum Gasteiger partial charge on any atom is -0.481 e. The van der Waals surface area contributed by atoms with E-state index in [1.165, 1.54) is 12.1 Å². The first-order valence-corrected chi connectivity index (χ1v) is 10.3. The fourth-order valence-corrected chi connectivity index (χ4v) is 3.67. The number of hydrogen-bond acceptors (Lipinski definition) is 5. The summed E-state index contributed by atoms with van der Waals surface area (Å²) in [5, 5.41) is 21.4. The van der Waals surface area contributed by atoms with Crippen LogP contribution in [0.5, 0.6) is 0 Å². The zero-order valence-electron chi connectivity index (χ0n) is 16.3. The second kappa shape index (κ2) is 10.4. The van der Waals surface area contributed by atoms with Gasteiger partial charge in [-0.1, -0.05) is 54.2 Å². The molecule has 3 rings (SSSR count). The molecule has 1 heterocycles. The van der Waals surface area contributed by atoms with Crippen molar-refractivity contribution in [2.75, 3.05) is 12.3 Å². The number of amides is 1. The molecule has 0 saturated heterocycles. The van der Waals surface area contributed by atoms with Gasteiger partial charge < -0.3 is 10.4 Å². The molecule has 6 nitrogen and oxygen atoms in total. The first-order valence-electron chi connectivity index (χ1n) is 9.35. The van der Waals surface area contributed by atoms with E-state index in [9.17, 15) is 19.2 Å². The van der Waals surface area contributed by atoms with Gasteiger partial charge in [-0.15, -0.1) is 0 Å². The van der Waals surface area contributed by atoms with Crippen LogP contribution in [0.4, 0.5) is 4.39 Å². The highest BCUT2D eigenvalue weighted by Gasteiger charge is 2.17. The Morgan fingerprint density at radius 1 is 1.10 bits per heavy atom. The first-order chi connectivity index (χ1) is 15.0. The van der Waals surface area contributed by atoms with E-state index in [2.05, 4.69) is 16.4 Å². The van der Waals surface area contributed by atoms with Crippen LogP contribution in [0.2, 0.25) is 0 Å². The van der Waals surface area contributed by atoms with Crippen molar-refractivity contribution in [3.63, 3.8) is 0 Å². The number of aliphatic carboxylic acids is 1. The molecule has 2 N–H and O–H groups in total. The molecule has 0 aliphatic rings. The van der Waals surface area contributed by atoms with Crippen LogP contribution in [-0.2, 0) is 9.59 Å². The van der Waals surface area contributed by atoms with Gasteiger partial charge in [0.05, 0.1) is 23.4 Å². The molecular formula is C23H18FN3O3S. The van der Waals surface area contributed by atoms with Crippen molar-refractivity contribution >= 4 is 23.6 Å². The molecule has 0 radical (unpaired) electrons. The quantitative estimate of drug-likeness (QED) is 0.516. The summed E-state index contributed by atoms with van der Waals surface area (Å²) in [7, 11) is 0. The largest absolute Gasteiger partial charge is 0.481 e. The Balaban J connectivity index is 1.96. The summed E-state index contributed by atoms with van der Waals surface area (Å²) in [4.78, 5) is 27.2. The maximum Gasteiger partial charge on any atom is 0.305 e. The number of carbonyl (C=O) groups is 2. The van der Waals surface area contributed by atoms with Gasteiger partial charge >= 0.3 is 5.97 Å². The van der Waals surface area contributed by atoms with Crippen LogP contribution in [0.15, 0.2) is 65.7 Å². The van der Waals surface area contributed by atoms with E-state index >= 15 is 0 Å². The van der Waals surface area contributed by atoms with Gasteiger partial charge in [0.15, 0.2) is 0 Å². The fourth-order valence-electron chi connectivity index (χ4n) is 2.84. The lowest BCUT2D eigenvalue weighted by Crippen LogP contribution is -2.27. The normalized spacial score (nSPS) is 10.3. The SMILES string of the molecule is N#Cc1c(-c2ccc(F)cc2)cc(-c2ccccc2)nc1SCC(=O)NCCC(=O)O. The van der Waals surface area contributed by atoms with Gasteiger partial charge in [-0.05, 0) is 23.8 Å². The Bertz CT molecular complexity index is 1130. The van der Waals surface area contributed by atoms with E-state index < -0.39 is 5.97 Å². The smallest absolute Gasteiger partial charge is 0.305 e. The van der Waals surface area contributed by atoms with Gasteiger partial charge in [0, 0.05) is 17.7 Å². The maximum atomic E-state index is 13.4. The van der Waals surface area contributed by atoms with Gasteiger partial charge in [-0.2, -0.15) is 5.26 Å². The van der Waals surface area contributed by atoms with E-state index in [0.717, 1.165) is 17.3 Å². The van der Waals surface area contributed by atoms with Crippen molar-refractivity contribution in [3.8, 4) is 28.5 Å². The highest BCUT2D eigenvalue weighted by atomic mass is 32.2. The Morgan fingerprint density at radius 2 is 1.81 bits per heavy atom. The summed E-state index contributed by atoms with van der Waals surface area (Å²) >= 11 is 1.09. The number of halogens is 1. The molecule has 156 valence electrons. The van der Waals surface area contributed by atoms with Crippen molar-refractivity contribution in [1.82, 2.24) is 10.3 Å². The van der Waals surface area contributed by atoms with Gasteiger partial charge in [-0.25, -0.2) is 9.37 Å². The molecule has 1 amide bonds. The Kier molecular flexibility index (Phi) is 7.35. The summed E-state index contributed by atoms with van der Waals surface area (Å²) in [5.74, 6) is -1.76. The van der Waals surface area contributed by atoms with Crippen LogP contribution in [0.25, 0.3) is 22.4 Å². The number of thioether (sulfide) groups is 1. The molecule has 0 fully saturated rings. The lowest BCUT2D eigenvalue weighted by Gasteiger charge is -2.12. The topological polar surface area (TPSA) is 103 Å². The third-order valence-electron chi connectivity index (χ3n) is 4.32. The highest BCUT2D eigenvalue weighted by molar-refractivity contribution is 8.00. The van der Waals surface area contributed by atoms with E-state index in [1.54, 1.807) is 18.2 Å². The van der Waals surface area contributed by atoms with Crippen molar-refractivity contribution < 1.29 is 19.1 Å².